The molecule has 2 atom stereocenters. The number of benzene rings is 2. The Morgan fingerprint density at radius 2 is 1.64 bits per heavy atom. The standard InChI is InChI=1S/C29H38N2O2/c1-22(19-20-23-13-7-6-8-14-23)31-27(32)26-18-12-11-15-24(26)21-29(31,2)28(33)30-25-16-9-4-3-5-10-17-25/h6-8,11-15,18,22,25H,3-5,9-10,16-17,19-21H2,1-2H3,(H,30,33)/t22-,29+/m0/s1. The first-order chi connectivity index (χ1) is 16.0. The molecule has 1 N–H and O–H groups in total. The van der Waals surface area contributed by atoms with Crippen LogP contribution in [-0.2, 0) is 17.6 Å². The maximum Gasteiger partial charge on any atom is 0.255 e. The first-order valence-corrected chi connectivity index (χ1v) is 12.8. The van der Waals surface area contributed by atoms with Gasteiger partial charge in [0.2, 0.25) is 5.91 Å². The molecule has 2 aromatic rings. The summed E-state index contributed by atoms with van der Waals surface area (Å²) in [4.78, 5) is 29.4. The lowest BCUT2D eigenvalue weighted by Crippen LogP contribution is -2.65. The van der Waals surface area contributed by atoms with E-state index in [1.807, 2.05) is 42.2 Å². The number of nitrogens with zero attached hydrogens (tertiary/aromatic N) is 1. The summed E-state index contributed by atoms with van der Waals surface area (Å²) in [6, 6.07) is 18.3. The quantitative estimate of drug-likeness (QED) is 0.619. The van der Waals surface area contributed by atoms with Crippen LogP contribution in [0.4, 0.5) is 0 Å². The lowest BCUT2D eigenvalue weighted by molar-refractivity contribution is -0.133. The van der Waals surface area contributed by atoms with E-state index in [-0.39, 0.29) is 23.9 Å². The molecule has 0 radical (unpaired) electrons. The maximum absolute atomic E-state index is 13.8. The Kier molecular flexibility index (Phi) is 7.52. The fourth-order valence-corrected chi connectivity index (χ4v) is 5.66. The van der Waals surface area contributed by atoms with Gasteiger partial charge in [0.05, 0.1) is 0 Å². The number of aryl methyl sites for hydroxylation is 1. The summed E-state index contributed by atoms with van der Waals surface area (Å²) < 4.78 is 0. The topological polar surface area (TPSA) is 49.4 Å². The van der Waals surface area contributed by atoms with Gasteiger partial charge in [-0.3, -0.25) is 9.59 Å². The molecule has 1 aliphatic carbocycles. The highest BCUT2D eigenvalue weighted by molar-refractivity contribution is 6.02. The van der Waals surface area contributed by atoms with Crippen molar-refractivity contribution in [2.24, 2.45) is 0 Å². The van der Waals surface area contributed by atoms with E-state index in [4.69, 9.17) is 0 Å². The first kappa shape index (κ1) is 23.5. The Bertz CT molecular complexity index is 949. The lowest BCUT2D eigenvalue weighted by atomic mass is 9.81. The molecule has 0 spiro atoms. The minimum Gasteiger partial charge on any atom is -0.351 e. The third-order valence-electron chi connectivity index (χ3n) is 7.60. The van der Waals surface area contributed by atoms with Crippen LogP contribution in [0.15, 0.2) is 54.6 Å². The van der Waals surface area contributed by atoms with Crippen LogP contribution < -0.4 is 5.32 Å². The number of fused-ring (bicyclic) bond motifs is 1. The predicted octanol–water partition coefficient (Wildman–Crippen LogP) is 5.69. The lowest BCUT2D eigenvalue weighted by Gasteiger charge is -2.47. The minimum absolute atomic E-state index is 0.00230. The van der Waals surface area contributed by atoms with Gasteiger partial charge in [-0.25, -0.2) is 0 Å². The highest BCUT2D eigenvalue weighted by atomic mass is 16.2. The first-order valence-electron chi connectivity index (χ1n) is 12.8. The second kappa shape index (κ2) is 10.5. The van der Waals surface area contributed by atoms with E-state index in [2.05, 4.69) is 36.5 Å². The zero-order chi connectivity index (χ0) is 23.3. The highest BCUT2D eigenvalue weighted by Crippen LogP contribution is 2.34. The molecular formula is C29H38N2O2. The van der Waals surface area contributed by atoms with Crippen molar-refractivity contribution in [3.63, 3.8) is 0 Å². The van der Waals surface area contributed by atoms with Gasteiger partial charge < -0.3 is 10.2 Å². The molecule has 33 heavy (non-hydrogen) atoms. The van der Waals surface area contributed by atoms with Crippen molar-refractivity contribution in [3.8, 4) is 0 Å². The summed E-state index contributed by atoms with van der Waals surface area (Å²) in [5.41, 5.74) is 2.09. The second-order valence-electron chi connectivity index (χ2n) is 10.2. The molecule has 4 rings (SSSR count). The van der Waals surface area contributed by atoms with Crippen LogP contribution in [-0.4, -0.2) is 34.3 Å². The molecule has 4 nitrogen and oxygen atoms in total. The number of carbonyl (C=O) groups excluding carboxylic acids is 2. The molecule has 1 saturated carbocycles. The molecule has 2 aliphatic rings. The van der Waals surface area contributed by atoms with Gasteiger partial charge in [-0.05, 0) is 56.7 Å². The largest absolute Gasteiger partial charge is 0.351 e. The Morgan fingerprint density at radius 3 is 2.36 bits per heavy atom. The Balaban J connectivity index is 1.57. The third-order valence-corrected chi connectivity index (χ3v) is 7.60. The van der Waals surface area contributed by atoms with E-state index in [1.165, 1.54) is 37.7 Å². The zero-order valence-corrected chi connectivity index (χ0v) is 20.2. The van der Waals surface area contributed by atoms with Crippen molar-refractivity contribution in [2.45, 2.75) is 95.7 Å². The molecule has 1 heterocycles. The summed E-state index contributed by atoms with van der Waals surface area (Å²) in [5.74, 6) is -0.0183. The van der Waals surface area contributed by atoms with E-state index in [0.717, 1.165) is 36.8 Å². The Hall–Kier alpha value is -2.62. The smallest absolute Gasteiger partial charge is 0.255 e. The molecule has 0 unspecified atom stereocenters. The summed E-state index contributed by atoms with van der Waals surface area (Å²) in [6.45, 7) is 4.06. The molecule has 0 saturated heterocycles. The van der Waals surface area contributed by atoms with Gasteiger partial charge in [0, 0.05) is 24.1 Å². The van der Waals surface area contributed by atoms with Crippen molar-refractivity contribution in [2.75, 3.05) is 0 Å². The maximum atomic E-state index is 13.8. The van der Waals surface area contributed by atoms with Crippen LogP contribution in [0.1, 0.15) is 86.7 Å². The van der Waals surface area contributed by atoms with Crippen molar-refractivity contribution >= 4 is 11.8 Å². The number of hydrogen-bond donors (Lipinski definition) is 1. The molecule has 2 aromatic carbocycles. The van der Waals surface area contributed by atoms with E-state index in [9.17, 15) is 9.59 Å². The Morgan fingerprint density at radius 1 is 1.00 bits per heavy atom. The minimum atomic E-state index is -0.885. The fraction of sp³-hybridized carbons (Fsp3) is 0.517. The van der Waals surface area contributed by atoms with Crippen LogP contribution in [0.25, 0.3) is 0 Å². The SMILES string of the molecule is C[C@@H](CCc1ccccc1)N1C(=O)c2ccccc2C[C@]1(C)C(=O)NC1CCCCCCC1. The summed E-state index contributed by atoms with van der Waals surface area (Å²) in [5, 5.41) is 3.37. The molecular weight excluding hydrogens is 408 g/mol. The average molecular weight is 447 g/mol. The third kappa shape index (κ3) is 5.31. The molecule has 1 aliphatic heterocycles. The molecule has 2 amide bonds. The van der Waals surface area contributed by atoms with Crippen LogP contribution >= 0.6 is 0 Å². The fourth-order valence-electron chi connectivity index (χ4n) is 5.66. The number of rotatable bonds is 6. The molecule has 0 aromatic heterocycles. The van der Waals surface area contributed by atoms with Crippen molar-refractivity contribution in [3.05, 3.63) is 71.3 Å². The van der Waals surface area contributed by atoms with Crippen molar-refractivity contribution in [1.29, 1.82) is 0 Å². The van der Waals surface area contributed by atoms with Crippen LogP contribution in [0.2, 0.25) is 0 Å². The van der Waals surface area contributed by atoms with Gasteiger partial charge in [0.25, 0.3) is 5.91 Å². The van der Waals surface area contributed by atoms with E-state index in [1.54, 1.807) is 0 Å². The van der Waals surface area contributed by atoms with Gasteiger partial charge in [0.1, 0.15) is 5.54 Å². The summed E-state index contributed by atoms with van der Waals surface area (Å²) in [7, 11) is 0. The molecule has 4 heteroatoms. The summed E-state index contributed by atoms with van der Waals surface area (Å²) >= 11 is 0. The van der Waals surface area contributed by atoms with Crippen LogP contribution in [0.5, 0.6) is 0 Å². The monoisotopic (exact) mass is 446 g/mol. The van der Waals surface area contributed by atoms with Gasteiger partial charge in [-0.15, -0.1) is 0 Å². The van der Waals surface area contributed by atoms with Crippen LogP contribution in [0.3, 0.4) is 0 Å². The molecule has 0 bridgehead atoms. The second-order valence-corrected chi connectivity index (χ2v) is 10.2. The van der Waals surface area contributed by atoms with Crippen molar-refractivity contribution in [1.82, 2.24) is 10.2 Å². The Labute approximate surface area is 198 Å². The summed E-state index contributed by atoms with van der Waals surface area (Å²) in [6.07, 6.45) is 10.5. The predicted molar refractivity (Wildman–Crippen MR) is 133 cm³/mol. The van der Waals surface area contributed by atoms with E-state index in [0.29, 0.717) is 6.42 Å². The number of hydrogen-bond acceptors (Lipinski definition) is 2. The van der Waals surface area contributed by atoms with E-state index < -0.39 is 5.54 Å². The molecule has 176 valence electrons. The zero-order valence-electron chi connectivity index (χ0n) is 20.2. The normalized spacial score (nSPS) is 22.7. The number of carbonyl (C=O) groups is 2. The average Bonchev–Trinajstić information content (AvgIpc) is 2.80. The van der Waals surface area contributed by atoms with Crippen molar-refractivity contribution < 1.29 is 9.59 Å². The van der Waals surface area contributed by atoms with E-state index >= 15 is 0 Å². The molecule has 1 fully saturated rings. The highest BCUT2D eigenvalue weighted by Gasteiger charge is 2.48. The number of nitrogens with one attached hydrogen (secondary N) is 1. The van der Waals surface area contributed by atoms with Gasteiger partial charge in [-0.1, -0.05) is 80.6 Å². The van der Waals surface area contributed by atoms with Gasteiger partial charge in [-0.2, -0.15) is 0 Å². The van der Waals surface area contributed by atoms with Gasteiger partial charge >= 0.3 is 0 Å². The van der Waals surface area contributed by atoms with Gasteiger partial charge in [0.15, 0.2) is 0 Å². The number of amides is 2. The van der Waals surface area contributed by atoms with Crippen LogP contribution in [0, 0.1) is 0 Å².